The number of amides is 1. The SMILES string of the molecule is Cc1cn(-c2cc(-c3nc4c(NC(=O)c5cnoc5C)cccc4[nH]3)cc(C(F)(F)F)c2)cn1. The number of nitrogens with zero attached hydrogens (tertiary/aromatic N) is 4. The van der Waals surface area contributed by atoms with E-state index in [1.54, 1.807) is 44.3 Å². The van der Waals surface area contributed by atoms with Gasteiger partial charge < -0.3 is 19.4 Å². The number of nitrogens with one attached hydrogen (secondary N) is 2. The lowest BCUT2D eigenvalue weighted by atomic mass is 10.1. The van der Waals surface area contributed by atoms with E-state index in [1.807, 2.05) is 0 Å². The van der Waals surface area contributed by atoms with Crippen molar-refractivity contribution in [2.75, 3.05) is 5.32 Å². The molecule has 2 N–H and O–H groups in total. The standard InChI is InChI=1S/C23H17F3N6O2/c1-12-10-32(11-27-12)16-7-14(6-15(8-16)23(24,25)26)21-29-18-4-3-5-19(20(18)31-21)30-22(33)17-9-28-34-13(17)2/h3-11H,1-2H3,(H,29,31)(H,30,33). The number of anilines is 1. The zero-order chi connectivity index (χ0) is 24.0. The summed E-state index contributed by atoms with van der Waals surface area (Å²) in [6, 6.07) is 8.75. The average molecular weight is 466 g/mol. The number of benzene rings is 2. The highest BCUT2D eigenvalue weighted by molar-refractivity contribution is 6.08. The first-order chi connectivity index (χ1) is 16.2. The van der Waals surface area contributed by atoms with Gasteiger partial charge in [0, 0.05) is 17.4 Å². The molecule has 5 aromatic rings. The van der Waals surface area contributed by atoms with Gasteiger partial charge in [0.15, 0.2) is 0 Å². The number of hydrogen-bond donors (Lipinski definition) is 2. The Balaban J connectivity index is 1.59. The van der Waals surface area contributed by atoms with Crippen LogP contribution in [0, 0.1) is 13.8 Å². The first kappa shape index (κ1) is 21.4. The van der Waals surface area contributed by atoms with E-state index in [0.29, 0.717) is 33.9 Å². The number of halogens is 3. The second kappa shape index (κ2) is 7.87. The maximum atomic E-state index is 13.6. The summed E-state index contributed by atoms with van der Waals surface area (Å²) in [6.45, 7) is 3.36. The van der Waals surface area contributed by atoms with E-state index in [0.717, 1.165) is 12.1 Å². The zero-order valence-electron chi connectivity index (χ0n) is 17.9. The molecular weight excluding hydrogens is 449 g/mol. The van der Waals surface area contributed by atoms with Gasteiger partial charge in [-0.1, -0.05) is 11.2 Å². The monoisotopic (exact) mass is 466 g/mol. The molecule has 172 valence electrons. The van der Waals surface area contributed by atoms with Gasteiger partial charge in [0.05, 0.1) is 35.0 Å². The second-order valence-corrected chi connectivity index (χ2v) is 7.73. The van der Waals surface area contributed by atoms with Crippen molar-refractivity contribution in [3.63, 3.8) is 0 Å². The van der Waals surface area contributed by atoms with Gasteiger partial charge in [0.1, 0.15) is 22.7 Å². The van der Waals surface area contributed by atoms with Crippen LogP contribution in [0.5, 0.6) is 0 Å². The number of aromatic amines is 1. The molecule has 0 unspecified atom stereocenters. The van der Waals surface area contributed by atoms with Gasteiger partial charge in [0.25, 0.3) is 5.91 Å². The van der Waals surface area contributed by atoms with Gasteiger partial charge in [-0.3, -0.25) is 4.79 Å². The summed E-state index contributed by atoms with van der Waals surface area (Å²) < 4.78 is 47.4. The number of aryl methyl sites for hydroxylation is 2. The van der Waals surface area contributed by atoms with Gasteiger partial charge >= 0.3 is 6.18 Å². The fourth-order valence-electron chi connectivity index (χ4n) is 3.60. The van der Waals surface area contributed by atoms with Crippen LogP contribution in [0.15, 0.2) is 59.6 Å². The Kier molecular flexibility index (Phi) is 4.96. The number of hydrogen-bond acceptors (Lipinski definition) is 5. The molecule has 0 radical (unpaired) electrons. The van der Waals surface area contributed by atoms with Crippen LogP contribution in [0.4, 0.5) is 18.9 Å². The number of carbonyl (C=O) groups is 1. The minimum absolute atomic E-state index is 0.224. The molecule has 3 aromatic heterocycles. The van der Waals surface area contributed by atoms with Gasteiger partial charge in [0.2, 0.25) is 0 Å². The van der Waals surface area contributed by atoms with Crippen LogP contribution in [-0.2, 0) is 6.18 Å². The number of fused-ring (bicyclic) bond motifs is 1. The highest BCUT2D eigenvalue weighted by Crippen LogP contribution is 2.35. The molecule has 1 amide bonds. The number of aromatic nitrogens is 5. The molecule has 0 atom stereocenters. The van der Waals surface area contributed by atoms with Crippen molar-refractivity contribution in [3.8, 4) is 17.1 Å². The van der Waals surface area contributed by atoms with Crippen molar-refractivity contribution in [1.29, 1.82) is 0 Å². The Morgan fingerprint density at radius 3 is 2.68 bits per heavy atom. The Morgan fingerprint density at radius 2 is 2.00 bits per heavy atom. The number of imidazole rings is 2. The van der Waals surface area contributed by atoms with Crippen molar-refractivity contribution in [2.24, 2.45) is 0 Å². The lowest BCUT2D eigenvalue weighted by molar-refractivity contribution is -0.137. The third-order valence-corrected chi connectivity index (χ3v) is 5.28. The maximum Gasteiger partial charge on any atom is 0.416 e. The maximum absolute atomic E-state index is 13.6. The fourth-order valence-corrected chi connectivity index (χ4v) is 3.60. The topological polar surface area (TPSA) is 102 Å². The summed E-state index contributed by atoms with van der Waals surface area (Å²) in [5, 5.41) is 6.35. The lowest BCUT2D eigenvalue weighted by Crippen LogP contribution is -2.12. The van der Waals surface area contributed by atoms with Crippen LogP contribution in [0.25, 0.3) is 28.1 Å². The first-order valence-corrected chi connectivity index (χ1v) is 10.1. The fraction of sp³-hybridized carbons (Fsp3) is 0.130. The third-order valence-electron chi connectivity index (χ3n) is 5.28. The summed E-state index contributed by atoms with van der Waals surface area (Å²) in [5.74, 6) is 0.147. The van der Waals surface area contributed by atoms with Crippen LogP contribution in [0.3, 0.4) is 0 Å². The molecule has 0 bridgehead atoms. The Bertz CT molecular complexity index is 1530. The predicted molar refractivity (Wildman–Crippen MR) is 118 cm³/mol. The van der Waals surface area contributed by atoms with Crippen LogP contribution in [0.2, 0.25) is 0 Å². The third kappa shape index (κ3) is 3.91. The molecule has 34 heavy (non-hydrogen) atoms. The van der Waals surface area contributed by atoms with E-state index in [1.165, 1.54) is 17.1 Å². The van der Waals surface area contributed by atoms with Gasteiger partial charge in [-0.05, 0) is 44.2 Å². The Hall–Kier alpha value is -4.41. The summed E-state index contributed by atoms with van der Waals surface area (Å²) in [4.78, 5) is 24.2. The minimum Gasteiger partial charge on any atom is -0.361 e. The van der Waals surface area contributed by atoms with Crippen LogP contribution < -0.4 is 5.32 Å². The van der Waals surface area contributed by atoms with E-state index in [4.69, 9.17) is 4.52 Å². The molecule has 2 aromatic carbocycles. The number of alkyl halides is 3. The Labute approximate surface area is 190 Å². The highest BCUT2D eigenvalue weighted by atomic mass is 19.4. The molecule has 0 saturated heterocycles. The lowest BCUT2D eigenvalue weighted by Gasteiger charge is -2.12. The molecule has 0 spiro atoms. The predicted octanol–water partition coefficient (Wildman–Crippen LogP) is 5.29. The van der Waals surface area contributed by atoms with E-state index >= 15 is 0 Å². The van der Waals surface area contributed by atoms with E-state index in [9.17, 15) is 18.0 Å². The van der Waals surface area contributed by atoms with Crippen LogP contribution in [0.1, 0.15) is 27.4 Å². The smallest absolute Gasteiger partial charge is 0.361 e. The minimum atomic E-state index is -4.55. The van der Waals surface area contributed by atoms with Gasteiger partial charge in [-0.25, -0.2) is 9.97 Å². The normalized spacial score (nSPS) is 11.8. The molecule has 0 aliphatic rings. The molecular formula is C23H17F3N6O2. The van der Waals surface area contributed by atoms with Crippen LogP contribution >= 0.6 is 0 Å². The average Bonchev–Trinajstić information content (AvgIpc) is 3.52. The number of H-pyrrole nitrogens is 1. The van der Waals surface area contributed by atoms with E-state index < -0.39 is 17.6 Å². The quantitative estimate of drug-likeness (QED) is 0.375. The summed E-state index contributed by atoms with van der Waals surface area (Å²) >= 11 is 0. The zero-order valence-corrected chi connectivity index (χ0v) is 17.9. The van der Waals surface area contributed by atoms with E-state index in [2.05, 4.69) is 25.4 Å². The van der Waals surface area contributed by atoms with E-state index in [-0.39, 0.29) is 17.0 Å². The van der Waals surface area contributed by atoms with Gasteiger partial charge in [-0.2, -0.15) is 13.2 Å². The van der Waals surface area contributed by atoms with Crippen molar-refractivity contribution in [1.82, 2.24) is 24.7 Å². The second-order valence-electron chi connectivity index (χ2n) is 7.73. The number of carbonyl (C=O) groups excluding carboxylic acids is 1. The molecule has 0 saturated carbocycles. The Morgan fingerprint density at radius 1 is 1.18 bits per heavy atom. The molecule has 3 heterocycles. The molecule has 8 nitrogen and oxygen atoms in total. The van der Waals surface area contributed by atoms with Crippen LogP contribution in [-0.4, -0.2) is 30.6 Å². The van der Waals surface area contributed by atoms with Crippen molar-refractivity contribution in [3.05, 3.63) is 77.7 Å². The van der Waals surface area contributed by atoms with Crippen molar-refractivity contribution >= 4 is 22.6 Å². The van der Waals surface area contributed by atoms with Crippen molar-refractivity contribution < 1.29 is 22.5 Å². The molecule has 0 fully saturated rings. The largest absolute Gasteiger partial charge is 0.416 e. The summed E-state index contributed by atoms with van der Waals surface area (Å²) in [7, 11) is 0. The number of rotatable bonds is 4. The highest BCUT2D eigenvalue weighted by Gasteiger charge is 2.32. The molecule has 11 heteroatoms. The first-order valence-electron chi connectivity index (χ1n) is 10.1. The summed E-state index contributed by atoms with van der Waals surface area (Å²) in [6.07, 6.45) is -0.156. The van der Waals surface area contributed by atoms with Gasteiger partial charge in [-0.15, -0.1) is 0 Å². The van der Waals surface area contributed by atoms with Crippen molar-refractivity contribution in [2.45, 2.75) is 20.0 Å². The molecule has 0 aliphatic carbocycles. The molecule has 0 aliphatic heterocycles. The molecule has 5 rings (SSSR count). The summed E-state index contributed by atoms with van der Waals surface area (Å²) in [5.41, 5.74) is 2.00. The number of para-hydroxylation sites is 1.